The highest BCUT2D eigenvalue weighted by molar-refractivity contribution is 5.83. The van der Waals surface area contributed by atoms with Gasteiger partial charge in [0.05, 0.1) is 11.4 Å². The summed E-state index contributed by atoms with van der Waals surface area (Å²) in [6.07, 6.45) is 1.77. The molecule has 0 aliphatic heterocycles. The fourth-order valence-corrected chi connectivity index (χ4v) is 2.92. The molecule has 0 radical (unpaired) electrons. The molecular formula is C16H26N6O. The van der Waals surface area contributed by atoms with E-state index in [0.717, 1.165) is 41.2 Å². The number of hydrogen-bond acceptors (Lipinski definition) is 4. The number of amides is 1. The van der Waals surface area contributed by atoms with E-state index >= 15 is 0 Å². The Balaban J connectivity index is 1.93. The summed E-state index contributed by atoms with van der Waals surface area (Å²) >= 11 is 0. The molecule has 7 nitrogen and oxygen atoms in total. The molecule has 0 aliphatic carbocycles. The summed E-state index contributed by atoms with van der Waals surface area (Å²) in [7, 11) is 1.79. The molecule has 0 aliphatic rings. The number of aromatic nitrogens is 4. The Morgan fingerprint density at radius 2 is 1.74 bits per heavy atom. The molecule has 7 heteroatoms. The van der Waals surface area contributed by atoms with Crippen LogP contribution in [-0.4, -0.2) is 44.8 Å². The van der Waals surface area contributed by atoms with Gasteiger partial charge in [0.2, 0.25) is 5.91 Å². The largest absolute Gasteiger partial charge is 0.344 e. The van der Waals surface area contributed by atoms with Gasteiger partial charge in [0, 0.05) is 30.5 Å². The first-order valence-electron chi connectivity index (χ1n) is 7.85. The Labute approximate surface area is 136 Å². The second kappa shape index (κ2) is 6.95. The first-order chi connectivity index (χ1) is 10.8. The van der Waals surface area contributed by atoms with Gasteiger partial charge in [-0.2, -0.15) is 10.2 Å². The minimum Gasteiger partial charge on any atom is -0.344 e. The van der Waals surface area contributed by atoms with E-state index in [1.807, 2.05) is 27.7 Å². The number of carbonyl (C=O) groups is 1. The number of likely N-dealkylation sites (N-methyl/N-ethyl adjacent to an activating group) is 1. The summed E-state index contributed by atoms with van der Waals surface area (Å²) in [4.78, 5) is 14.2. The van der Waals surface area contributed by atoms with Crippen LogP contribution in [0.25, 0.3) is 0 Å². The topological polar surface area (TPSA) is 104 Å². The third-order valence-corrected chi connectivity index (χ3v) is 4.34. The average Bonchev–Trinajstić information content (AvgIpc) is 3.01. The number of carbonyl (C=O) groups excluding carboxylic acids is 1. The summed E-state index contributed by atoms with van der Waals surface area (Å²) in [5.74, 6) is -0.0850. The molecule has 0 aromatic carbocycles. The predicted molar refractivity (Wildman–Crippen MR) is 89.0 cm³/mol. The third-order valence-electron chi connectivity index (χ3n) is 4.34. The van der Waals surface area contributed by atoms with Crippen molar-refractivity contribution in [1.29, 1.82) is 0 Å². The zero-order valence-corrected chi connectivity index (χ0v) is 14.5. The monoisotopic (exact) mass is 318 g/mol. The van der Waals surface area contributed by atoms with Crippen LogP contribution in [0.15, 0.2) is 0 Å². The number of nitrogens with zero attached hydrogens (tertiary/aromatic N) is 3. The molecule has 0 spiro atoms. The second-order valence-electron chi connectivity index (χ2n) is 6.10. The lowest BCUT2D eigenvalue weighted by Gasteiger charge is -2.21. The van der Waals surface area contributed by atoms with E-state index in [2.05, 4.69) is 20.4 Å². The number of hydrogen-bond donors (Lipinski definition) is 3. The molecule has 4 N–H and O–H groups in total. The molecule has 23 heavy (non-hydrogen) atoms. The Kier molecular flexibility index (Phi) is 5.20. The van der Waals surface area contributed by atoms with Crippen molar-refractivity contribution in [3.05, 3.63) is 33.9 Å². The minimum absolute atomic E-state index is 0.0850. The van der Waals surface area contributed by atoms with Gasteiger partial charge in [0.25, 0.3) is 0 Å². The Morgan fingerprint density at radius 1 is 1.13 bits per heavy atom. The van der Waals surface area contributed by atoms with Crippen LogP contribution in [0.2, 0.25) is 0 Å². The second-order valence-corrected chi connectivity index (χ2v) is 6.10. The Hall–Kier alpha value is -2.15. The van der Waals surface area contributed by atoms with Crippen molar-refractivity contribution in [3.8, 4) is 0 Å². The highest BCUT2D eigenvalue weighted by Crippen LogP contribution is 2.19. The fourth-order valence-electron chi connectivity index (χ4n) is 2.92. The summed E-state index contributed by atoms with van der Waals surface area (Å²) in [6.45, 7) is 8.41. The SMILES string of the molecule is Cc1n[nH]c(C)c1CCCN(C)C(=O)[C@H](N)c1c(C)n[nH]c1C. The van der Waals surface area contributed by atoms with E-state index in [-0.39, 0.29) is 5.91 Å². The van der Waals surface area contributed by atoms with Crippen LogP contribution >= 0.6 is 0 Å². The lowest BCUT2D eigenvalue weighted by molar-refractivity contribution is -0.131. The molecule has 1 atom stereocenters. The van der Waals surface area contributed by atoms with Crippen LogP contribution < -0.4 is 5.73 Å². The van der Waals surface area contributed by atoms with Crippen molar-refractivity contribution in [2.24, 2.45) is 5.73 Å². The number of aryl methyl sites for hydroxylation is 4. The molecular weight excluding hydrogens is 292 g/mol. The highest BCUT2D eigenvalue weighted by Gasteiger charge is 2.24. The van der Waals surface area contributed by atoms with Gasteiger partial charge in [-0.3, -0.25) is 15.0 Å². The molecule has 2 heterocycles. The summed E-state index contributed by atoms with van der Waals surface area (Å²) < 4.78 is 0. The first kappa shape index (κ1) is 17.2. The zero-order chi connectivity index (χ0) is 17.1. The van der Waals surface area contributed by atoms with Crippen molar-refractivity contribution in [2.75, 3.05) is 13.6 Å². The lowest BCUT2D eigenvalue weighted by Crippen LogP contribution is -2.37. The van der Waals surface area contributed by atoms with Gasteiger partial charge in [-0.25, -0.2) is 0 Å². The normalized spacial score (nSPS) is 12.4. The molecule has 126 valence electrons. The maximum absolute atomic E-state index is 12.5. The fraction of sp³-hybridized carbons (Fsp3) is 0.562. The van der Waals surface area contributed by atoms with Crippen molar-refractivity contribution in [2.45, 2.75) is 46.6 Å². The van der Waals surface area contributed by atoms with E-state index in [1.165, 1.54) is 5.56 Å². The van der Waals surface area contributed by atoms with Crippen molar-refractivity contribution in [3.63, 3.8) is 0 Å². The molecule has 0 fully saturated rings. The zero-order valence-electron chi connectivity index (χ0n) is 14.5. The number of nitrogens with two attached hydrogens (primary N) is 1. The number of aromatic amines is 2. The van der Waals surface area contributed by atoms with Crippen LogP contribution in [-0.2, 0) is 11.2 Å². The maximum atomic E-state index is 12.5. The van der Waals surface area contributed by atoms with E-state index in [9.17, 15) is 4.79 Å². The minimum atomic E-state index is -0.670. The number of nitrogens with one attached hydrogen (secondary N) is 2. The molecule has 0 bridgehead atoms. The van der Waals surface area contributed by atoms with E-state index < -0.39 is 6.04 Å². The molecule has 2 aromatic heterocycles. The van der Waals surface area contributed by atoms with Gasteiger partial charge < -0.3 is 10.6 Å². The Bertz CT molecular complexity index is 648. The number of rotatable bonds is 6. The van der Waals surface area contributed by atoms with Gasteiger partial charge in [0.1, 0.15) is 6.04 Å². The van der Waals surface area contributed by atoms with Crippen LogP contribution in [0, 0.1) is 27.7 Å². The first-order valence-corrected chi connectivity index (χ1v) is 7.85. The summed E-state index contributed by atoms with van der Waals surface area (Å²) in [5.41, 5.74) is 11.9. The van der Waals surface area contributed by atoms with Crippen molar-refractivity contribution in [1.82, 2.24) is 25.3 Å². The van der Waals surface area contributed by atoms with E-state index in [4.69, 9.17) is 5.73 Å². The van der Waals surface area contributed by atoms with Gasteiger partial charge in [0.15, 0.2) is 0 Å². The maximum Gasteiger partial charge on any atom is 0.243 e. The highest BCUT2D eigenvalue weighted by atomic mass is 16.2. The lowest BCUT2D eigenvalue weighted by atomic mass is 10.0. The third kappa shape index (κ3) is 3.61. The molecule has 0 saturated heterocycles. The van der Waals surface area contributed by atoms with Crippen molar-refractivity contribution >= 4 is 5.91 Å². The molecule has 1 amide bonds. The van der Waals surface area contributed by atoms with Gasteiger partial charge in [-0.05, 0) is 46.1 Å². The van der Waals surface area contributed by atoms with Crippen molar-refractivity contribution < 1.29 is 4.79 Å². The molecule has 2 aromatic rings. The number of H-pyrrole nitrogens is 2. The molecule has 0 unspecified atom stereocenters. The molecule has 0 saturated carbocycles. The Morgan fingerprint density at radius 3 is 2.26 bits per heavy atom. The predicted octanol–water partition coefficient (Wildman–Crippen LogP) is 1.46. The quantitative estimate of drug-likeness (QED) is 0.750. The van der Waals surface area contributed by atoms with Crippen LogP contribution in [0.4, 0.5) is 0 Å². The van der Waals surface area contributed by atoms with Crippen LogP contribution in [0.5, 0.6) is 0 Å². The van der Waals surface area contributed by atoms with Crippen LogP contribution in [0.3, 0.4) is 0 Å². The van der Waals surface area contributed by atoms with Gasteiger partial charge in [-0.15, -0.1) is 0 Å². The van der Waals surface area contributed by atoms with Gasteiger partial charge >= 0.3 is 0 Å². The molecule has 2 rings (SSSR count). The summed E-state index contributed by atoms with van der Waals surface area (Å²) in [5, 5.41) is 14.2. The standard InChI is InChI=1S/C16H26N6O/c1-9-13(10(2)19-18-9)7-6-8-22(5)16(23)15(17)14-11(3)20-21-12(14)4/h15H,6-8,17H2,1-5H3,(H,18,19)(H,20,21)/t15-/m1/s1. The van der Waals surface area contributed by atoms with Gasteiger partial charge in [-0.1, -0.05) is 0 Å². The summed E-state index contributed by atoms with van der Waals surface area (Å²) in [6, 6.07) is -0.670. The smallest absolute Gasteiger partial charge is 0.243 e. The average molecular weight is 318 g/mol. The van der Waals surface area contributed by atoms with E-state index in [0.29, 0.717) is 6.54 Å². The van der Waals surface area contributed by atoms with E-state index in [1.54, 1.807) is 11.9 Å². The van der Waals surface area contributed by atoms with Crippen LogP contribution in [0.1, 0.15) is 46.4 Å².